The molecule has 3 heteroatoms. The minimum Gasteiger partial charge on any atom is -0.469 e. The monoisotopic (exact) mass is 251 g/mol. The Bertz CT molecular complexity index is 855. The minimum absolute atomic E-state index is 0.163. The van der Waals surface area contributed by atoms with Crippen LogP contribution < -0.4 is 5.43 Å². The van der Waals surface area contributed by atoms with Gasteiger partial charge < -0.3 is 8.98 Å². The summed E-state index contributed by atoms with van der Waals surface area (Å²) in [5.74, 6) is 0.984. The first-order chi connectivity index (χ1) is 9.27. The van der Waals surface area contributed by atoms with Gasteiger partial charge in [0.25, 0.3) is 0 Å². The lowest BCUT2D eigenvalue weighted by atomic mass is 9.92. The average molecular weight is 251 g/mol. The highest BCUT2D eigenvalue weighted by atomic mass is 16.3. The van der Waals surface area contributed by atoms with Gasteiger partial charge in [-0.15, -0.1) is 0 Å². The molecule has 3 aromatic rings. The Morgan fingerprint density at radius 3 is 2.89 bits per heavy atom. The van der Waals surface area contributed by atoms with Gasteiger partial charge in [0.15, 0.2) is 5.43 Å². The predicted molar refractivity (Wildman–Crippen MR) is 74.3 cm³/mol. The second-order valence-corrected chi connectivity index (χ2v) is 4.99. The van der Waals surface area contributed by atoms with Crippen molar-refractivity contribution in [2.45, 2.75) is 12.8 Å². The number of fused-ring (bicyclic) bond motifs is 4. The van der Waals surface area contributed by atoms with Gasteiger partial charge in [-0.2, -0.15) is 0 Å². The van der Waals surface area contributed by atoms with Gasteiger partial charge in [0.2, 0.25) is 0 Å². The van der Waals surface area contributed by atoms with E-state index in [1.165, 1.54) is 0 Å². The van der Waals surface area contributed by atoms with Crippen LogP contribution in [0.4, 0.5) is 0 Å². The van der Waals surface area contributed by atoms with Crippen LogP contribution in [-0.4, -0.2) is 4.57 Å². The number of furan rings is 1. The van der Waals surface area contributed by atoms with Crippen LogP contribution in [-0.2, 0) is 19.9 Å². The zero-order chi connectivity index (χ0) is 13.0. The Morgan fingerprint density at radius 1 is 1.16 bits per heavy atom. The van der Waals surface area contributed by atoms with Crippen LogP contribution >= 0.6 is 0 Å². The van der Waals surface area contributed by atoms with Crippen molar-refractivity contribution >= 4 is 10.9 Å². The number of para-hydroxylation sites is 1. The Labute approximate surface area is 110 Å². The van der Waals surface area contributed by atoms with E-state index in [4.69, 9.17) is 4.42 Å². The van der Waals surface area contributed by atoms with Crippen LogP contribution in [0.25, 0.3) is 22.2 Å². The molecule has 19 heavy (non-hydrogen) atoms. The molecule has 94 valence electrons. The molecule has 0 unspecified atom stereocenters. The molecule has 0 N–H and O–H groups in total. The third kappa shape index (κ3) is 1.30. The van der Waals surface area contributed by atoms with Crippen molar-refractivity contribution in [3.63, 3.8) is 0 Å². The molecule has 0 amide bonds. The zero-order valence-corrected chi connectivity index (χ0v) is 10.6. The summed E-state index contributed by atoms with van der Waals surface area (Å²) in [5, 5.41) is 0.802. The van der Waals surface area contributed by atoms with Gasteiger partial charge in [-0.05, 0) is 24.6 Å². The first-order valence-electron chi connectivity index (χ1n) is 6.44. The van der Waals surface area contributed by atoms with Crippen LogP contribution in [0.3, 0.4) is 0 Å². The highest BCUT2D eigenvalue weighted by Gasteiger charge is 2.24. The first-order valence-corrected chi connectivity index (χ1v) is 6.44. The fraction of sp³-hybridized carbons (Fsp3) is 0.188. The molecule has 0 spiro atoms. The number of hydrogen-bond donors (Lipinski definition) is 0. The van der Waals surface area contributed by atoms with Crippen molar-refractivity contribution in [2.24, 2.45) is 7.05 Å². The smallest absolute Gasteiger partial charge is 0.193 e. The van der Waals surface area contributed by atoms with Crippen molar-refractivity contribution in [3.8, 4) is 11.3 Å². The Hall–Kier alpha value is -2.29. The summed E-state index contributed by atoms with van der Waals surface area (Å²) in [6, 6.07) is 9.74. The molecule has 0 atom stereocenters. The third-order valence-electron chi connectivity index (χ3n) is 4.01. The fourth-order valence-electron chi connectivity index (χ4n) is 3.11. The maximum Gasteiger partial charge on any atom is 0.193 e. The molecule has 0 saturated heterocycles. The Morgan fingerprint density at radius 2 is 2.00 bits per heavy atom. The summed E-state index contributed by atoms with van der Waals surface area (Å²) in [4.78, 5) is 12.6. The van der Waals surface area contributed by atoms with Crippen molar-refractivity contribution in [2.75, 3.05) is 0 Å². The molecule has 2 aromatic heterocycles. The SMILES string of the molecule is Cn1c2c(c(=O)c3ccccc31)CCc1occc1-2. The highest BCUT2D eigenvalue weighted by molar-refractivity contribution is 5.85. The van der Waals surface area contributed by atoms with Gasteiger partial charge in [0.05, 0.1) is 17.5 Å². The molecular weight excluding hydrogens is 238 g/mol. The molecule has 1 aliphatic rings. The largest absolute Gasteiger partial charge is 0.469 e. The van der Waals surface area contributed by atoms with E-state index < -0.39 is 0 Å². The summed E-state index contributed by atoms with van der Waals surface area (Å²) in [6.45, 7) is 0. The number of hydrogen-bond acceptors (Lipinski definition) is 2. The standard InChI is InChI=1S/C16H13NO2/c1-17-13-5-3-2-4-10(13)16(18)12-6-7-14-11(15(12)17)8-9-19-14/h2-5,8-9H,6-7H2,1H3. The number of aromatic nitrogens is 1. The maximum atomic E-state index is 12.6. The van der Waals surface area contributed by atoms with E-state index in [9.17, 15) is 4.79 Å². The summed E-state index contributed by atoms with van der Waals surface area (Å²) < 4.78 is 7.62. The quantitative estimate of drug-likeness (QED) is 0.615. The van der Waals surface area contributed by atoms with Gasteiger partial charge in [-0.1, -0.05) is 12.1 Å². The second-order valence-electron chi connectivity index (χ2n) is 4.99. The predicted octanol–water partition coefficient (Wildman–Crippen LogP) is 2.90. The number of pyridine rings is 1. The van der Waals surface area contributed by atoms with Crippen molar-refractivity contribution < 1.29 is 4.42 Å². The summed E-state index contributed by atoms with van der Waals surface area (Å²) >= 11 is 0. The number of rotatable bonds is 0. The number of benzene rings is 1. The minimum atomic E-state index is 0.163. The van der Waals surface area contributed by atoms with Gasteiger partial charge in [-0.25, -0.2) is 0 Å². The lowest BCUT2D eigenvalue weighted by molar-refractivity contribution is 0.506. The van der Waals surface area contributed by atoms with E-state index in [0.29, 0.717) is 0 Å². The van der Waals surface area contributed by atoms with E-state index in [-0.39, 0.29) is 5.43 Å². The normalized spacial score (nSPS) is 13.3. The maximum absolute atomic E-state index is 12.6. The van der Waals surface area contributed by atoms with Gasteiger partial charge in [-0.3, -0.25) is 4.79 Å². The van der Waals surface area contributed by atoms with E-state index in [2.05, 4.69) is 4.57 Å². The number of aryl methyl sites for hydroxylation is 2. The fourth-order valence-corrected chi connectivity index (χ4v) is 3.11. The summed E-state index contributed by atoms with van der Waals surface area (Å²) in [5.41, 5.74) is 4.12. The first kappa shape index (κ1) is 10.6. The molecule has 0 aliphatic heterocycles. The Balaban J connectivity index is 2.23. The molecule has 3 nitrogen and oxygen atoms in total. The van der Waals surface area contributed by atoms with E-state index in [0.717, 1.165) is 46.3 Å². The lowest BCUT2D eigenvalue weighted by Gasteiger charge is -2.20. The van der Waals surface area contributed by atoms with E-state index >= 15 is 0 Å². The van der Waals surface area contributed by atoms with Crippen molar-refractivity contribution in [1.82, 2.24) is 4.57 Å². The van der Waals surface area contributed by atoms with Crippen molar-refractivity contribution in [3.05, 3.63) is 58.1 Å². The van der Waals surface area contributed by atoms with E-state index in [1.807, 2.05) is 37.4 Å². The molecule has 2 heterocycles. The van der Waals surface area contributed by atoms with Crippen LogP contribution in [0, 0.1) is 0 Å². The lowest BCUT2D eigenvalue weighted by Crippen LogP contribution is -2.20. The molecule has 1 aromatic carbocycles. The number of nitrogens with zero attached hydrogens (tertiary/aromatic N) is 1. The van der Waals surface area contributed by atoms with E-state index in [1.54, 1.807) is 6.26 Å². The van der Waals surface area contributed by atoms with Crippen LogP contribution in [0.2, 0.25) is 0 Å². The molecular formula is C16H13NO2. The van der Waals surface area contributed by atoms with Crippen LogP contribution in [0.15, 0.2) is 45.8 Å². The van der Waals surface area contributed by atoms with Gasteiger partial charge >= 0.3 is 0 Å². The van der Waals surface area contributed by atoms with Crippen molar-refractivity contribution in [1.29, 1.82) is 0 Å². The van der Waals surface area contributed by atoms with Crippen LogP contribution in [0.5, 0.6) is 0 Å². The molecule has 0 bridgehead atoms. The highest BCUT2D eigenvalue weighted by Crippen LogP contribution is 2.34. The average Bonchev–Trinajstić information content (AvgIpc) is 2.92. The molecule has 0 saturated carbocycles. The zero-order valence-electron chi connectivity index (χ0n) is 10.6. The summed E-state index contributed by atoms with van der Waals surface area (Å²) in [7, 11) is 2.02. The third-order valence-corrected chi connectivity index (χ3v) is 4.01. The summed E-state index contributed by atoms with van der Waals surface area (Å²) in [6.07, 6.45) is 3.27. The molecule has 0 fully saturated rings. The van der Waals surface area contributed by atoms with Gasteiger partial charge in [0, 0.05) is 30.0 Å². The molecule has 1 aliphatic carbocycles. The van der Waals surface area contributed by atoms with Gasteiger partial charge in [0.1, 0.15) is 5.76 Å². The van der Waals surface area contributed by atoms with Crippen LogP contribution in [0.1, 0.15) is 11.3 Å². The molecule has 0 radical (unpaired) electrons. The Kier molecular flexibility index (Phi) is 2.01. The topological polar surface area (TPSA) is 35.1 Å². The molecule has 4 rings (SSSR count). The second kappa shape index (κ2) is 3.60.